The summed E-state index contributed by atoms with van der Waals surface area (Å²) < 4.78 is 38.9. The van der Waals surface area contributed by atoms with E-state index >= 15 is 0 Å². The number of halogens is 3. The van der Waals surface area contributed by atoms with Crippen LogP contribution in [0.1, 0.15) is 36.2 Å². The van der Waals surface area contributed by atoms with Gasteiger partial charge in [0.15, 0.2) is 0 Å². The Morgan fingerprint density at radius 1 is 1.15 bits per heavy atom. The Kier molecular flexibility index (Phi) is 5.25. The molecule has 140 valence electrons. The van der Waals surface area contributed by atoms with Crippen molar-refractivity contribution in [1.29, 1.82) is 0 Å². The summed E-state index contributed by atoms with van der Waals surface area (Å²) in [5.74, 6) is -0.261. The van der Waals surface area contributed by atoms with Gasteiger partial charge in [-0.15, -0.1) is 0 Å². The van der Waals surface area contributed by atoms with E-state index in [1.54, 1.807) is 31.0 Å². The first kappa shape index (κ1) is 19.7. The van der Waals surface area contributed by atoms with Gasteiger partial charge in [0, 0.05) is 12.0 Å². The molecule has 0 fully saturated rings. The van der Waals surface area contributed by atoms with E-state index in [0.29, 0.717) is 22.6 Å². The smallest absolute Gasteiger partial charge is 0.303 e. The molecule has 0 aliphatic carbocycles. The van der Waals surface area contributed by atoms with Crippen LogP contribution >= 0.6 is 0 Å². The molecule has 0 amide bonds. The number of aryl methyl sites for hydroxylation is 2. The van der Waals surface area contributed by atoms with Crippen LogP contribution in [0.3, 0.4) is 0 Å². The second-order valence-corrected chi connectivity index (χ2v) is 6.44. The Balaban J connectivity index is 2.64. The van der Waals surface area contributed by atoms with Crippen LogP contribution in [0.15, 0.2) is 27.8 Å². The van der Waals surface area contributed by atoms with Gasteiger partial charge < -0.3 is 4.98 Å². The van der Waals surface area contributed by atoms with E-state index in [-0.39, 0.29) is 17.4 Å². The number of alkyl halides is 3. The maximum Gasteiger partial charge on any atom is 0.431 e. The zero-order valence-corrected chi connectivity index (χ0v) is 14.8. The number of hydrogen-bond acceptors (Lipinski definition) is 3. The van der Waals surface area contributed by atoms with E-state index in [1.807, 2.05) is 6.92 Å². The number of Topliss-reactive ketones (excluding diaryl/α,β-unsaturated/α-hetero) is 1. The number of aromatic nitrogens is 2. The molecule has 2 aromatic rings. The summed E-state index contributed by atoms with van der Waals surface area (Å²) in [7, 11) is 0. The Bertz CT molecular complexity index is 940. The number of nitrogens with zero attached hydrogens (tertiary/aromatic N) is 1. The number of carbonyl (C=O) groups excluding carboxylic acids is 1. The summed E-state index contributed by atoms with van der Waals surface area (Å²) in [5.41, 5.74) is -1.24. The molecule has 1 atom stereocenters. The number of hydrogen-bond donors (Lipinski definition) is 1. The van der Waals surface area contributed by atoms with Gasteiger partial charge in [-0.2, -0.15) is 13.2 Å². The summed E-state index contributed by atoms with van der Waals surface area (Å²) >= 11 is 0. The van der Waals surface area contributed by atoms with E-state index < -0.39 is 23.1 Å². The molecule has 1 unspecified atom stereocenters. The zero-order valence-electron chi connectivity index (χ0n) is 14.8. The average Bonchev–Trinajstić information content (AvgIpc) is 2.49. The molecule has 0 saturated carbocycles. The zero-order chi connectivity index (χ0) is 19.8. The fourth-order valence-electron chi connectivity index (χ4n) is 2.69. The van der Waals surface area contributed by atoms with Crippen molar-refractivity contribution >= 4 is 5.78 Å². The van der Waals surface area contributed by atoms with Crippen molar-refractivity contribution in [3.8, 4) is 5.69 Å². The minimum atomic E-state index is -4.82. The molecule has 1 aromatic carbocycles. The fraction of sp³-hybridized carbons (Fsp3) is 0.389. The highest BCUT2D eigenvalue weighted by Gasteiger charge is 2.33. The molecular weight excluding hydrogens is 349 g/mol. The normalized spacial score (nSPS) is 12.9. The predicted octanol–water partition coefficient (Wildman–Crippen LogP) is 2.93. The first-order valence-electron chi connectivity index (χ1n) is 7.96. The van der Waals surface area contributed by atoms with Crippen molar-refractivity contribution in [2.45, 2.75) is 40.3 Å². The molecule has 2 rings (SSSR count). The van der Waals surface area contributed by atoms with Crippen LogP contribution in [0.25, 0.3) is 5.69 Å². The maximum atomic E-state index is 12.7. The molecule has 0 radical (unpaired) electrons. The standard InChI is InChI=1S/C18H19F3N2O3/c1-9(12(4)24)6-13-7-14(11(3)5-10(13)2)23-16(25)8-15(18(19,20)21)22-17(23)26/h5,7-9H,6H2,1-4H3,(H,22,26). The molecule has 0 aliphatic heterocycles. The summed E-state index contributed by atoms with van der Waals surface area (Å²) in [6, 6.07) is 3.67. The lowest BCUT2D eigenvalue weighted by atomic mass is 9.93. The van der Waals surface area contributed by atoms with Crippen LogP contribution in [0.4, 0.5) is 13.2 Å². The lowest BCUT2D eigenvalue weighted by Crippen LogP contribution is -2.36. The van der Waals surface area contributed by atoms with Crippen LogP contribution < -0.4 is 11.2 Å². The number of ketones is 1. The maximum absolute atomic E-state index is 12.7. The number of carbonyl (C=O) groups is 1. The number of aromatic amines is 1. The van der Waals surface area contributed by atoms with Crippen molar-refractivity contribution in [2.75, 3.05) is 0 Å². The molecule has 5 nitrogen and oxygen atoms in total. The molecule has 8 heteroatoms. The highest BCUT2D eigenvalue weighted by atomic mass is 19.4. The van der Waals surface area contributed by atoms with Crippen molar-refractivity contribution in [3.63, 3.8) is 0 Å². The minimum absolute atomic E-state index is 0.00364. The van der Waals surface area contributed by atoms with Gasteiger partial charge in [0.1, 0.15) is 11.5 Å². The van der Waals surface area contributed by atoms with Crippen molar-refractivity contribution in [3.05, 3.63) is 61.4 Å². The molecule has 0 spiro atoms. The molecule has 1 aromatic heterocycles. The number of rotatable bonds is 4. The van der Waals surface area contributed by atoms with Crippen LogP contribution in [-0.2, 0) is 17.4 Å². The van der Waals surface area contributed by atoms with Crippen LogP contribution in [-0.4, -0.2) is 15.3 Å². The third kappa shape index (κ3) is 3.95. The van der Waals surface area contributed by atoms with Gasteiger partial charge in [-0.05, 0) is 49.9 Å². The third-order valence-corrected chi connectivity index (χ3v) is 4.35. The molecule has 0 saturated heterocycles. The van der Waals surface area contributed by atoms with Crippen LogP contribution in [0, 0.1) is 19.8 Å². The van der Waals surface area contributed by atoms with Crippen molar-refractivity contribution in [2.24, 2.45) is 5.92 Å². The first-order chi connectivity index (χ1) is 11.9. The van der Waals surface area contributed by atoms with Gasteiger partial charge in [-0.25, -0.2) is 9.36 Å². The van der Waals surface area contributed by atoms with E-state index in [0.717, 1.165) is 11.1 Å². The van der Waals surface area contributed by atoms with Gasteiger partial charge in [-0.3, -0.25) is 9.59 Å². The Morgan fingerprint density at radius 3 is 2.27 bits per heavy atom. The molecule has 1 heterocycles. The average molecular weight is 368 g/mol. The van der Waals surface area contributed by atoms with Gasteiger partial charge >= 0.3 is 11.9 Å². The molecular formula is C18H19F3N2O3. The predicted molar refractivity (Wildman–Crippen MR) is 90.7 cm³/mol. The van der Waals surface area contributed by atoms with Gasteiger partial charge in [0.2, 0.25) is 0 Å². The van der Waals surface area contributed by atoms with Gasteiger partial charge in [0.05, 0.1) is 5.69 Å². The number of nitrogens with one attached hydrogen (secondary N) is 1. The quantitative estimate of drug-likeness (QED) is 0.902. The monoisotopic (exact) mass is 368 g/mol. The topological polar surface area (TPSA) is 71.9 Å². The summed E-state index contributed by atoms with van der Waals surface area (Å²) in [5, 5.41) is 0. The Hall–Kier alpha value is -2.64. The van der Waals surface area contributed by atoms with Crippen molar-refractivity contribution in [1.82, 2.24) is 9.55 Å². The molecule has 1 N–H and O–H groups in total. The third-order valence-electron chi connectivity index (χ3n) is 4.35. The highest BCUT2D eigenvalue weighted by molar-refractivity contribution is 5.78. The largest absolute Gasteiger partial charge is 0.431 e. The summed E-state index contributed by atoms with van der Waals surface area (Å²) in [4.78, 5) is 37.5. The molecule has 0 bridgehead atoms. The van der Waals surface area contributed by atoms with Crippen LogP contribution in [0.2, 0.25) is 0 Å². The minimum Gasteiger partial charge on any atom is -0.303 e. The Labute approximate surface area is 147 Å². The lowest BCUT2D eigenvalue weighted by molar-refractivity contribution is -0.141. The first-order valence-corrected chi connectivity index (χ1v) is 7.96. The Morgan fingerprint density at radius 2 is 1.77 bits per heavy atom. The van der Waals surface area contributed by atoms with E-state index in [9.17, 15) is 27.6 Å². The SMILES string of the molecule is CC(=O)C(C)Cc1cc(-n2c(=O)cc(C(F)(F)F)[nH]c2=O)c(C)cc1C. The molecule has 0 aliphatic rings. The van der Waals surface area contributed by atoms with Gasteiger partial charge in [-0.1, -0.05) is 13.0 Å². The highest BCUT2D eigenvalue weighted by Crippen LogP contribution is 2.26. The second kappa shape index (κ2) is 6.93. The fourth-order valence-corrected chi connectivity index (χ4v) is 2.69. The molecule has 26 heavy (non-hydrogen) atoms. The van der Waals surface area contributed by atoms with E-state index in [4.69, 9.17) is 0 Å². The van der Waals surface area contributed by atoms with E-state index in [1.165, 1.54) is 6.92 Å². The van der Waals surface area contributed by atoms with Gasteiger partial charge in [0.25, 0.3) is 5.56 Å². The van der Waals surface area contributed by atoms with Crippen LogP contribution in [0.5, 0.6) is 0 Å². The summed E-state index contributed by atoms with van der Waals surface area (Å²) in [6.07, 6.45) is -4.41. The van der Waals surface area contributed by atoms with E-state index in [2.05, 4.69) is 0 Å². The lowest BCUT2D eigenvalue weighted by Gasteiger charge is -2.16. The number of H-pyrrole nitrogens is 1. The second-order valence-electron chi connectivity index (χ2n) is 6.44. The number of benzene rings is 1. The summed E-state index contributed by atoms with van der Waals surface area (Å²) in [6.45, 7) is 6.72. The van der Waals surface area contributed by atoms with Crippen molar-refractivity contribution < 1.29 is 18.0 Å².